The summed E-state index contributed by atoms with van der Waals surface area (Å²) in [7, 11) is 0. The minimum absolute atomic E-state index is 0.222. The van der Waals surface area contributed by atoms with E-state index < -0.39 is 46.1 Å². The lowest BCUT2D eigenvalue weighted by molar-refractivity contribution is 0.0620. The van der Waals surface area contributed by atoms with Gasteiger partial charge in [-0.05, 0) is 39.4 Å². The van der Waals surface area contributed by atoms with Gasteiger partial charge in [-0.1, -0.05) is 78.9 Å². The maximum atomic E-state index is 12.3. The average molecular weight is 482 g/mol. The number of carboxylic acid groups (broad SMARTS) is 4. The quantitative estimate of drug-likeness (QED) is 0.270. The fraction of sp³-hybridized carbons (Fsp3) is 0. The van der Waals surface area contributed by atoms with Crippen LogP contribution >= 0.6 is 0 Å². The minimum atomic E-state index is -1.86. The lowest BCUT2D eigenvalue weighted by Gasteiger charge is -2.19. The van der Waals surface area contributed by atoms with Gasteiger partial charge in [-0.3, -0.25) is 0 Å². The lowest BCUT2D eigenvalue weighted by atomic mass is 9.84. The molecule has 0 bridgehead atoms. The molecular weight excluding hydrogens is 464 g/mol. The molecule has 0 heterocycles. The van der Waals surface area contributed by atoms with E-state index in [0.717, 1.165) is 17.2 Å². The van der Waals surface area contributed by atoms with Crippen molar-refractivity contribution in [3.05, 3.63) is 107 Å². The fourth-order valence-electron chi connectivity index (χ4n) is 4.26. The third-order valence-electron chi connectivity index (χ3n) is 5.72. The van der Waals surface area contributed by atoms with Gasteiger partial charge in [0, 0.05) is 0 Å². The molecule has 0 radical (unpaired) electrons. The van der Waals surface area contributed by atoms with E-state index in [0.29, 0.717) is 11.1 Å². The molecule has 0 atom stereocenters. The molecule has 8 nitrogen and oxygen atoms in total. The van der Waals surface area contributed by atoms with Gasteiger partial charge in [0.1, 0.15) is 0 Å². The minimum Gasteiger partial charge on any atom is -0.478 e. The van der Waals surface area contributed by atoms with Crippen molar-refractivity contribution in [2.24, 2.45) is 0 Å². The van der Waals surface area contributed by atoms with Crippen LogP contribution in [0.2, 0.25) is 0 Å². The summed E-state index contributed by atoms with van der Waals surface area (Å²) in [5.41, 5.74) is -0.945. The normalized spacial score (nSPS) is 10.6. The molecule has 178 valence electrons. The van der Waals surface area contributed by atoms with Crippen molar-refractivity contribution >= 4 is 23.9 Å². The van der Waals surface area contributed by atoms with Gasteiger partial charge in [0.25, 0.3) is 0 Å². The van der Waals surface area contributed by atoms with E-state index in [1.54, 1.807) is 24.3 Å². The second-order valence-electron chi connectivity index (χ2n) is 7.77. The Morgan fingerprint density at radius 3 is 1.31 bits per heavy atom. The maximum absolute atomic E-state index is 12.3. The van der Waals surface area contributed by atoms with Crippen LogP contribution in [0.5, 0.6) is 0 Å². The highest BCUT2D eigenvalue weighted by atomic mass is 16.4. The second-order valence-corrected chi connectivity index (χ2v) is 7.77. The number of aromatic carboxylic acids is 4. The summed E-state index contributed by atoms with van der Waals surface area (Å²) in [6, 6.07) is 24.2. The van der Waals surface area contributed by atoms with E-state index in [2.05, 4.69) is 0 Å². The molecule has 0 saturated heterocycles. The lowest BCUT2D eigenvalue weighted by Crippen LogP contribution is -2.20. The first-order valence-electron chi connectivity index (χ1n) is 10.6. The molecule has 0 spiro atoms. The first-order valence-corrected chi connectivity index (χ1v) is 10.6. The number of hydrogen-bond donors (Lipinski definition) is 4. The summed E-state index contributed by atoms with van der Waals surface area (Å²) in [5, 5.41) is 39.0. The van der Waals surface area contributed by atoms with Crippen molar-refractivity contribution in [1.29, 1.82) is 0 Å². The van der Waals surface area contributed by atoms with Crippen molar-refractivity contribution in [3.8, 4) is 33.4 Å². The summed E-state index contributed by atoms with van der Waals surface area (Å²) in [4.78, 5) is 48.2. The van der Waals surface area contributed by atoms with Crippen LogP contribution in [0.1, 0.15) is 41.4 Å². The van der Waals surface area contributed by atoms with Gasteiger partial charge in [-0.25, -0.2) is 19.2 Å². The zero-order chi connectivity index (χ0) is 26.0. The molecule has 4 aromatic rings. The third kappa shape index (κ3) is 4.19. The van der Waals surface area contributed by atoms with Crippen molar-refractivity contribution in [3.63, 3.8) is 0 Å². The average Bonchev–Trinajstić information content (AvgIpc) is 2.87. The van der Waals surface area contributed by atoms with Crippen LogP contribution in [0.25, 0.3) is 33.4 Å². The van der Waals surface area contributed by atoms with Gasteiger partial charge in [0.15, 0.2) is 0 Å². The molecule has 4 N–H and O–H groups in total. The van der Waals surface area contributed by atoms with Crippen LogP contribution in [0, 0.1) is 0 Å². The number of rotatable bonds is 7. The van der Waals surface area contributed by atoms with Crippen molar-refractivity contribution in [1.82, 2.24) is 0 Å². The van der Waals surface area contributed by atoms with Crippen molar-refractivity contribution in [2.75, 3.05) is 0 Å². The van der Waals surface area contributed by atoms with Gasteiger partial charge in [-0.15, -0.1) is 0 Å². The first-order chi connectivity index (χ1) is 17.2. The van der Waals surface area contributed by atoms with E-state index in [1.807, 2.05) is 48.5 Å². The fourth-order valence-corrected chi connectivity index (χ4v) is 4.26. The summed E-state index contributed by atoms with van der Waals surface area (Å²) >= 11 is 0. The molecule has 4 rings (SSSR count). The van der Waals surface area contributed by atoms with E-state index in [-0.39, 0.29) is 11.1 Å². The Kier molecular flexibility index (Phi) is 6.34. The topological polar surface area (TPSA) is 149 Å². The van der Waals surface area contributed by atoms with Crippen LogP contribution < -0.4 is 0 Å². The van der Waals surface area contributed by atoms with Crippen LogP contribution in [0.3, 0.4) is 0 Å². The molecule has 0 saturated carbocycles. The highest BCUT2D eigenvalue weighted by Crippen LogP contribution is 2.41. The first kappa shape index (κ1) is 23.9. The molecule has 0 aromatic heterocycles. The Hall–Kier alpha value is -5.24. The van der Waals surface area contributed by atoms with Crippen molar-refractivity contribution < 1.29 is 39.6 Å². The van der Waals surface area contributed by atoms with E-state index in [9.17, 15) is 39.6 Å². The maximum Gasteiger partial charge on any atom is 0.337 e. The van der Waals surface area contributed by atoms with Crippen LogP contribution in [-0.2, 0) is 0 Å². The van der Waals surface area contributed by atoms with Crippen LogP contribution in [0.4, 0.5) is 0 Å². The van der Waals surface area contributed by atoms with Gasteiger partial charge in [0.05, 0.1) is 22.3 Å². The summed E-state index contributed by atoms with van der Waals surface area (Å²) in [6.45, 7) is 0. The number of carbonyl (C=O) groups is 4. The van der Waals surface area contributed by atoms with Gasteiger partial charge < -0.3 is 20.4 Å². The SMILES string of the molecule is O=C(O)c1cc(-c2ccccc2-c2ccccc2-c2ccccc2)c(C(=O)O)c(C(=O)O)c1C(=O)O. The summed E-state index contributed by atoms with van der Waals surface area (Å²) in [5.74, 6) is -7.12. The number of hydrogen-bond acceptors (Lipinski definition) is 4. The molecule has 0 amide bonds. The Labute approximate surface area is 204 Å². The number of benzene rings is 4. The molecule has 36 heavy (non-hydrogen) atoms. The van der Waals surface area contributed by atoms with Crippen molar-refractivity contribution in [2.45, 2.75) is 0 Å². The largest absolute Gasteiger partial charge is 0.478 e. The molecule has 0 aliphatic heterocycles. The molecule has 0 fully saturated rings. The predicted octanol–water partition coefficient (Wildman–Crippen LogP) is 5.48. The Morgan fingerprint density at radius 1 is 0.417 bits per heavy atom. The molecular formula is C28H18O8. The zero-order valence-electron chi connectivity index (χ0n) is 18.5. The van der Waals surface area contributed by atoms with Gasteiger partial charge in [0.2, 0.25) is 0 Å². The predicted molar refractivity (Wildman–Crippen MR) is 131 cm³/mol. The Morgan fingerprint density at radius 2 is 0.833 bits per heavy atom. The highest BCUT2D eigenvalue weighted by Gasteiger charge is 2.33. The number of carboxylic acids is 4. The molecule has 8 heteroatoms. The highest BCUT2D eigenvalue weighted by molar-refractivity contribution is 6.17. The third-order valence-corrected chi connectivity index (χ3v) is 5.72. The van der Waals surface area contributed by atoms with Crippen LogP contribution in [-0.4, -0.2) is 44.3 Å². The second kappa shape index (κ2) is 9.55. The Bertz CT molecular complexity index is 1540. The van der Waals surface area contributed by atoms with E-state index in [4.69, 9.17) is 0 Å². The van der Waals surface area contributed by atoms with Gasteiger partial charge >= 0.3 is 23.9 Å². The van der Waals surface area contributed by atoms with Crippen LogP contribution in [0.15, 0.2) is 84.9 Å². The molecule has 0 unspecified atom stereocenters. The standard InChI is InChI=1S/C28H18O8/c29-25(30)21-14-20(22(26(31)32)24(28(35)36)23(21)27(33)34)19-13-7-6-12-18(19)17-11-5-4-10-16(17)15-8-2-1-3-9-15/h1-14H,(H,29,30)(H,31,32)(H,33,34)(H,35,36). The Balaban J connectivity index is 2.13. The molecule has 0 aliphatic carbocycles. The van der Waals surface area contributed by atoms with E-state index in [1.165, 1.54) is 6.07 Å². The monoisotopic (exact) mass is 482 g/mol. The molecule has 0 aliphatic rings. The molecule has 4 aromatic carbocycles. The zero-order valence-corrected chi connectivity index (χ0v) is 18.5. The summed E-state index contributed by atoms with van der Waals surface area (Å²) in [6.07, 6.45) is 0. The smallest absolute Gasteiger partial charge is 0.337 e. The van der Waals surface area contributed by atoms with Gasteiger partial charge in [-0.2, -0.15) is 0 Å². The summed E-state index contributed by atoms with van der Waals surface area (Å²) < 4.78 is 0. The van der Waals surface area contributed by atoms with E-state index >= 15 is 0 Å².